The zero-order valence-corrected chi connectivity index (χ0v) is 9.05. The average Bonchev–Trinajstić information content (AvgIpc) is 2.26. The maximum atomic E-state index is 10.8. The standard InChI is InChI=1S/C10H16N4O2/c1-6(15)8(11)5-14-9-3-2-7(4-13-9)10(12)16/h2-4,6,8,15H,5,11H2,1H3,(H2,12,16)(H,13,14). The van der Waals surface area contributed by atoms with Crippen molar-refractivity contribution < 1.29 is 9.90 Å². The van der Waals surface area contributed by atoms with Crippen molar-refractivity contribution in [2.45, 2.75) is 19.1 Å². The highest BCUT2D eigenvalue weighted by Gasteiger charge is 2.08. The molecule has 1 amide bonds. The van der Waals surface area contributed by atoms with E-state index in [0.717, 1.165) is 0 Å². The topological polar surface area (TPSA) is 114 Å². The molecule has 0 aliphatic carbocycles. The molecule has 1 rings (SSSR count). The van der Waals surface area contributed by atoms with Crippen molar-refractivity contribution in [1.29, 1.82) is 0 Å². The van der Waals surface area contributed by atoms with Crippen LogP contribution in [0, 0.1) is 0 Å². The first-order valence-electron chi connectivity index (χ1n) is 4.94. The Morgan fingerprint density at radius 1 is 1.62 bits per heavy atom. The summed E-state index contributed by atoms with van der Waals surface area (Å²) >= 11 is 0. The molecule has 6 N–H and O–H groups in total. The number of hydrogen-bond acceptors (Lipinski definition) is 5. The number of anilines is 1. The van der Waals surface area contributed by atoms with Crippen LogP contribution >= 0.6 is 0 Å². The van der Waals surface area contributed by atoms with Crippen LogP contribution in [0.2, 0.25) is 0 Å². The molecule has 0 fully saturated rings. The molecule has 6 nitrogen and oxygen atoms in total. The summed E-state index contributed by atoms with van der Waals surface area (Å²) in [6.45, 7) is 2.02. The molecule has 0 aliphatic rings. The summed E-state index contributed by atoms with van der Waals surface area (Å²) in [4.78, 5) is 14.8. The van der Waals surface area contributed by atoms with Crippen LogP contribution in [-0.2, 0) is 0 Å². The van der Waals surface area contributed by atoms with Gasteiger partial charge in [-0.3, -0.25) is 4.79 Å². The second-order valence-corrected chi connectivity index (χ2v) is 3.58. The smallest absolute Gasteiger partial charge is 0.250 e. The number of nitrogens with two attached hydrogens (primary N) is 2. The lowest BCUT2D eigenvalue weighted by Crippen LogP contribution is -2.38. The number of aromatic nitrogens is 1. The first kappa shape index (κ1) is 12.4. The third-order valence-electron chi connectivity index (χ3n) is 2.19. The Morgan fingerprint density at radius 3 is 2.75 bits per heavy atom. The highest BCUT2D eigenvalue weighted by Crippen LogP contribution is 2.04. The third-order valence-corrected chi connectivity index (χ3v) is 2.19. The molecule has 0 aliphatic heterocycles. The van der Waals surface area contributed by atoms with E-state index >= 15 is 0 Å². The summed E-state index contributed by atoms with van der Waals surface area (Å²) < 4.78 is 0. The Hall–Kier alpha value is -1.66. The van der Waals surface area contributed by atoms with E-state index in [2.05, 4.69) is 10.3 Å². The lowest BCUT2D eigenvalue weighted by atomic mass is 10.2. The van der Waals surface area contributed by atoms with E-state index in [0.29, 0.717) is 17.9 Å². The van der Waals surface area contributed by atoms with Crippen molar-refractivity contribution in [2.75, 3.05) is 11.9 Å². The number of aliphatic hydroxyl groups is 1. The Balaban J connectivity index is 2.53. The van der Waals surface area contributed by atoms with Crippen LogP contribution in [0.1, 0.15) is 17.3 Å². The van der Waals surface area contributed by atoms with Gasteiger partial charge in [0.05, 0.1) is 11.7 Å². The normalized spacial score (nSPS) is 14.2. The molecule has 0 bridgehead atoms. The van der Waals surface area contributed by atoms with Gasteiger partial charge in [0.25, 0.3) is 0 Å². The summed E-state index contributed by atoms with van der Waals surface area (Å²) in [5, 5.41) is 12.1. The third kappa shape index (κ3) is 3.48. The average molecular weight is 224 g/mol. The van der Waals surface area contributed by atoms with Crippen molar-refractivity contribution in [1.82, 2.24) is 4.98 Å². The largest absolute Gasteiger partial charge is 0.392 e. The molecule has 6 heteroatoms. The molecule has 2 atom stereocenters. The molecule has 0 spiro atoms. The van der Waals surface area contributed by atoms with Crippen LogP contribution in [0.3, 0.4) is 0 Å². The molecule has 1 aromatic rings. The molecule has 0 radical (unpaired) electrons. The fraction of sp³-hybridized carbons (Fsp3) is 0.400. The highest BCUT2D eigenvalue weighted by molar-refractivity contribution is 5.92. The van der Waals surface area contributed by atoms with Crippen LogP contribution in [0.15, 0.2) is 18.3 Å². The number of pyridine rings is 1. The molecular weight excluding hydrogens is 208 g/mol. The van der Waals surface area contributed by atoms with E-state index in [9.17, 15) is 4.79 Å². The van der Waals surface area contributed by atoms with Gasteiger partial charge < -0.3 is 21.9 Å². The summed E-state index contributed by atoms with van der Waals surface area (Å²) in [5.74, 6) is 0.0702. The fourth-order valence-electron chi connectivity index (χ4n) is 1.04. The predicted octanol–water partition coefficient (Wildman–Crippen LogP) is -0.699. The van der Waals surface area contributed by atoms with Crippen LogP contribution in [0.25, 0.3) is 0 Å². The van der Waals surface area contributed by atoms with Gasteiger partial charge in [0.15, 0.2) is 0 Å². The van der Waals surface area contributed by atoms with Crippen molar-refractivity contribution in [3.63, 3.8) is 0 Å². The van der Waals surface area contributed by atoms with Crippen molar-refractivity contribution in [3.8, 4) is 0 Å². The van der Waals surface area contributed by atoms with Gasteiger partial charge in [0.2, 0.25) is 5.91 Å². The molecule has 0 aromatic carbocycles. The number of aliphatic hydroxyl groups excluding tert-OH is 1. The van der Waals surface area contributed by atoms with Crippen molar-refractivity contribution in [2.24, 2.45) is 11.5 Å². The zero-order valence-electron chi connectivity index (χ0n) is 9.05. The number of primary amides is 1. The van der Waals surface area contributed by atoms with Gasteiger partial charge in [0, 0.05) is 18.8 Å². The number of carbonyl (C=O) groups excluding carboxylic acids is 1. The molecule has 1 aromatic heterocycles. The highest BCUT2D eigenvalue weighted by atomic mass is 16.3. The molecule has 0 saturated carbocycles. The minimum absolute atomic E-state index is 0.352. The molecule has 0 saturated heterocycles. The minimum atomic E-state index is -0.586. The number of rotatable bonds is 5. The molecular formula is C10H16N4O2. The second-order valence-electron chi connectivity index (χ2n) is 3.58. The molecule has 2 unspecified atom stereocenters. The number of hydrogen-bond donors (Lipinski definition) is 4. The summed E-state index contributed by atoms with van der Waals surface area (Å²) in [5.41, 5.74) is 11.1. The lowest BCUT2D eigenvalue weighted by molar-refractivity contribution is 0.1000. The summed E-state index contributed by atoms with van der Waals surface area (Å²) in [6.07, 6.45) is 0.802. The van der Waals surface area contributed by atoms with Crippen molar-refractivity contribution >= 4 is 11.7 Å². The van der Waals surface area contributed by atoms with Gasteiger partial charge >= 0.3 is 0 Å². The molecule has 16 heavy (non-hydrogen) atoms. The maximum Gasteiger partial charge on any atom is 0.250 e. The number of amides is 1. The van der Waals surface area contributed by atoms with E-state index in [1.54, 1.807) is 19.1 Å². The lowest BCUT2D eigenvalue weighted by Gasteiger charge is -2.15. The number of nitrogens with one attached hydrogen (secondary N) is 1. The maximum absolute atomic E-state index is 10.8. The van der Waals surface area contributed by atoms with Crippen LogP contribution in [-0.4, -0.2) is 34.7 Å². The quantitative estimate of drug-likeness (QED) is 0.528. The van der Waals surface area contributed by atoms with Gasteiger partial charge in [-0.05, 0) is 19.1 Å². The van der Waals surface area contributed by atoms with Gasteiger partial charge in [-0.1, -0.05) is 0 Å². The Kier molecular flexibility index (Phi) is 4.21. The monoisotopic (exact) mass is 224 g/mol. The Labute approximate surface area is 93.7 Å². The number of nitrogens with zero attached hydrogens (tertiary/aromatic N) is 1. The van der Waals surface area contributed by atoms with E-state index in [4.69, 9.17) is 16.6 Å². The SMILES string of the molecule is CC(O)C(N)CNc1ccc(C(N)=O)cn1. The van der Waals surface area contributed by atoms with Gasteiger partial charge in [-0.15, -0.1) is 0 Å². The van der Waals surface area contributed by atoms with E-state index < -0.39 is 12.0 Å². The zero-order chi connectivity index (χ0) is 12.1. The van der Waals surface area contributed by atoms with E-state index in [1.165, 1.54) is 6.20 Å². The molecule has 88 valence electrons. The Bertz CT molecular complexity index is 350. The first-order valence-corrected chi connectivity index (χ1v) is 4.94. The predicted molar refractivity (Wildman–Crippen MR) is 60.9 cm³/mol. The van der Waals surface area contributed by atoms with Gasteiger partial charge in [-0.25, -0.2) is 4.98 Å². The first-order chi connectivity index (χ1) is 7.50. The van der Waals surface area contributed by atoms with Gasteiger partial charge in [0.1, 0.15) is 5.82 Å². The van der Waals surface area contributed by atoms with Crippen LogP contribution in [0.5, 0.6) is 0 Å². The van der Waals surface area contributed by atoms with Crippen LogP contribution in [0.4, 0.5) is 5.82 Å². The number of carbonyl (C=O) groups is 1. The summed E-state index contributed by atoms with van der Waals surface area (Å²) in [6, 6.07) is 2.85. The second kappa shape index (κ2) is 5.43. The molecule has 1 heterocycles. The van der Waals surface area contributed by atoms with E-state index in [1.807, 2.05) is 0 Å². The fourth-order valence-corrected chi connectivity index (χ4v) is 1.04. The van der Waals surface area contributed by atoms with Crippen molar-refractivity contribution in [3.05, 3.63) is 23.9 Å². The van der Waals surface area contributed by atoms with Crippen LogP contribution < -0.4 is 16.8 Å². The van der Waals surface area contributed by atoms with Gasteiger partial charge in [-0.2, -0.15) is 0 Å². The minimum Gasteiger partial charge on any atom is -0.392 e. The summed E-state index contributed by atoms with van der Waals surface area (Å²) in [7, 11) is 0. The van der Waals surface area contributed by atoms with E-state index in [-0.39, 0.29) is 6.04 Å². The Morgan fingerprint density at radius 2 is 2.31 bits per heavy atom.